The number of carbonyl (C=O) groups is 1. The number of aromatic amines is 1. The normalized spacial score (nSPS) is 20.3. The molecule has 8 nitrogen and oxygen atoms in total. The first-order valence-corrected chi connectivity index (χ1v) is 12.3. The van der Waals surface area contributed by atoms with Gasteiger partial charge in [-0.1, -0.05) is 49.0 Å². The zero-order valence-electron chi connectivity index (χ0n) is 18.7. The van der Waals surface area contributed by atoms with Crippen molar-refractivity contribution in [3.8, 4) is 11.5 Å². The predicted octanol–water partition coefficient (Wildman–Crippen LogP) is 4.30. The Morgan fingerprint density at radius 1 is 1.12 bits per heavy atom. The van der Waals surface area contributed by atoms with E-state index in [0.29, 0.717) is 40.7 Å². The standard InChI is InChI=1S/C25H25N5O3S/c1-2-21(31)26-16-12-13-18(24-30-29-23(33-24)15-8-4-3-5-9-15)20(14-16)34-25-27-19-11-7-6-10-17(19)22(32)28-25/h3-11,16,18,20H,2,12-14H2,1H3,(H,26,31)(H,27,28,32)/t16-,18+,20-/m1/s1. The molecule has 2 N–H and O–H groups in total. The maximum atomic E-state index is 12.6. The molecule has 174 valence electrons. The maximum Gasteiger partial charge on any atom is 0.259 e. The van der Waals surface area contributed by atoms with Gasteiger partial charge in [-0.3, -0.25) is 9.59 Å². The van der Waals surface area contributed by atoms with Crippen molar-refractivity contribution in [2.75, 3.05) is 0 Å². The summed E-state index contributed by atoms with van der Waals surface area (Å²) in [5.41, 5.74) is 1.36. The van der Waals surface area contributed by atoms with E-state index in [-0.39, 0.29) is 28.7 Å². The Balaban J connectivity index is 1.44. The number of aromatic nitrogens is 4. The van der Waals surface area contributed by atoms with Gasteiger partial charge < -0.3 is 14.7 Å². The molecule has 0 unspecified atom stereocenters. The Labute approximate surface area is 200 Å². The van der Waals surface area contributed by atoms with Crippen molar-refractivity contribution in [3.63, 3.8) is 0 Å². The van der Waals surface area contributed by atoms with Gasteiger partial charge in [-0.05, 0) is 43.5 Å². The number of hydrogen-bond acceptors (Lipinski definition) is 7. The molecule has 1 aliphatic carbocycles. The highest BCUT2D eigenvalue weighted by atomic mass is 32.2. The third kappa shape index (κ3) is 4.75. The molecule has 9 heteroatoms. The van der Waals surface area contributed by atoms with Gasteiger partial charge in [0.25, 0.3) is 5.56 Å². The third-order valence-electron chi connectivity index (χ3n) is 6.11. The number of carbonyl (C=O) groups excluding carboxylic acids is 1. The fraction of sp³-hybridized carbons (Fsp3) is 0.320. The molecule has 0 saturated heterocycles. The predicted molar refractivity (Wildman–Crippen MR) is 131 cm³/mol. The Hall–Kier alpha value is -3.46. The van der Waals surface area contributed by atoms with Crippen LogP contribution in [-0.4, -0.2) is 37.4 Å². The van der Waals surface area contributed by atoms with Gasteiger partial charge in [0, 0.05) is 29.2 Å². The van der Waals surface area contributed by atoms with Crippen LogP contribution in [0.15, 0.2) is 69.0 Å². The van der Waals surface area contributed by atoms with E-state index in [1.807, 2.05) is 55.5 Å². The Bertz CT molecular complexity index is 1350. The zero-order chi connectivity index (χ0) is 23.5. The molecule has 3 atom stereocenters. The van der Waals surface area contributed by atoms with Crippen LogP contribution in [0.1, 0.15) is 44.4 Å². The van der Waals surface area contributed by atoms with Crippen LogP contribution in [0.5, 0.6) is 0 Å². The number of nitrogens with zero attached hydrogens (tertiary/aromatic N) is 3. The van der Waals surface area contributed by atoms with Crippen LogP contribution in [0.25, 0.3) is 22.4 Å². The lowest BCUT2D eigenvalue weighted by molar-refractivity contribution is -0.121. The number of H-pyrrole nitrogens is 1. The minimum atomic E-state index is -0.166. The highest BCUT2D eigenvalue weighted by Gasteiger charge is 2.36. The maximum absolute atomic E-state index is 12.6. The van der Waals surface area contributed by atoms with Crippen LogP contribution < -0.4 is 10.9 Å². The minimum Gasteiger partial charge on any atom is -0.420 e. The number of amides is 1. The number of thioether (sulfide) groups is 1. The summed E-state index contributed by atoms with van der Waals surface area (Å²) in [6, 6.07) is 17.0. The minimum absolute atomic E-state index is 0.00992. The van der Waals surface area contributed by atoms with E-state index in [1.165, 1.54) is 11.8 Å². The highest BCUT2D eigenvalue weighted by molar-refractivity contribution is 7.99. The number of para-hydroxylation sites is 1. The SMILES string of the molecule is CCC(=O)N[C@@H]1CC[C@H](c2nnc(-c3ccccc3)o2)[C@H](Sc2nc3ccccc3c(=O)[nH]2)C1. The number of fused-ring (bicyclic) bond motifs is 1. The summed E-state index contributed by atoms with van der Waals surface area (Å²) in [4.78, 5) is 32.2. The molecule has 34 heavy (non-hydrogen) atoms. The molecule has 0 aliphatic heterocycles. The molecule has 1 aliphatic rings. The van der Waals surface area contributed by atoms with Crippen molar-refractivity contribution in [1.82, 2.24) is 25.5 Å². The molecular weight excluding hydrogens is 450 g/mol. The van der Waals surface area contributed by atoms with Crippen LogP contribution in [0.4, 0.5) is 0 Å². The van der Waals surface area contributed by atoms with Gasteiger partial charge >= 0.3 is 0 Å². The molecular formula is C25H25N5O3S. The largest absolute Gasteiger partial charge is 0.420 e. The molecule has 2 heterocycles. The first-order chi connectivity index (χ1) is 16.6. The molecule has 0 bridgehead atoms. The van der Waals surface area contributed by atoms with Gasteiger partial charge in [0.15, 0.2) is 5.16 Å². The van der Waals surface area contributed by atoms with Crippen molar-refractivity contribution in [1.29, 1.82) is 0 Å². The van der Waals surface area contributed by atoms with E-state index >= 15 is 0 Å². The van der Waals surface area contributed by atoms with Crippen molar-refractivity contribution < 1.29 is 9.21 Å². The van der Waals surface area contributed by atoms with Crippen LogP contribution >= 0.6 is 11.8 Å². The number of nitrogens with one attached hydrogen (secondary N) is 2. The smallest absolute Gasteiger partial charge is 0.259 e. The number of benzene rings is 2. The summed E-state index contributed by atoms with van der Waals surface area (Å²) >= 11 is 1.49. The summed E-state index contributed by atoms with van der Waals surface area (Å²) < 4.78 is 6.09. The Kier molecular flexibility index (Phi) is 6.44. The molecule has 1 saturated carbocycles. The second-order valence-corrected chi connectivity index (χ2v) is 9.62. The summed E-state index contributed by atoms with van der Waals surface area (Å²) in [7, 11) is 0. The molecule has 4 aromatic rings. The lowest BCUT2D eigenvalue weighted by Gasteiger charge is -2.34. The second-order valence-electron chi connectivity index (χ2n) is 8.39. The molecule has 2 aromatic carbocycles. The second kappa shape index (κ2) is 9.80. The van der Waals surface area contributed by atoms with Gasteiger partial charge in [-0.15, -0.1) is 10.2 Å². The molecule has 0 radical (unpaired) electrons. The Morgan fingerprint density at radius 3 is 2.74 bits per heavy atom. The van der Waals surface area contributed by atoms with Crippen LogP contribution in [0.3, 0.4) is 0 Å². The molecule has 0 spiro atoms. The summed E-state index contributed by atoms with van der Waals surface area (Å²) in [5.74, 6) is 1.06. The van der Waals surface area contributed by atoms with Crippen LogP contribution in [-0.2, 0) is 4.79 Å². The van der Waals surface area contributed by atoms with Crippen LogP contribution in [0, 0.1) is 0 Å². The monoisotopic (exact) mass is 475 g/mol. The van der Waals surface area contributed by atoms with E-state index in [1.54, 1.807) is 6.07 Å². The molecule has 5 rings (SSSR count). The van der Waals surface area contributed by atoms with E-state index < -0.39 is 0 Å². The number of hydrogen-bond donors (Lipinski definition) is 2. The van der Waals surface area contributed by atoms with E-state index in [2.05, 4.69) is 25.5 Å². The van der Waals surface area contributed by atoms with Crippen molar-refractivity contribution in [3.05, 3.63) is 70.8 Å². The first-order valence-electron chi connectivity index (χ1n) is 11.4. The molecule has 1 fully saturated rings. The van der Waals surface area contributed by atoms with Crippen molar-refractivity contribution in [2.45, 2.75) is 55.0 Å². The van der Waals surface area contributed by atoms with Gasteiger partial charge in [0.05, 0.1) is 10.9 Å². The first kappa shape index (κ1) is 22.3. The van der Waals surface area contributed by atoms with Crippen molar-refractivity contribution >= 4 is 28.6 Å². The van der Waals surface area contributed by atoms with E-state index in [9.17, 15) is 9.59 Å². The van der Waals surface area contributed by atoms with Gasteiger partial charge in [-0.25, -0.2) is 4.98 Å². The quantitative estimate of drug-likeness (QED) is 0.400. The number of rotatable bonds is 6. The van der Waals surface area contributed by atoms with Crippen LogP contribution in [0.2, 0.25) is 0 Å². The van der Waals surface area contributed by atoms with Gasteiger partial charge in [0.2, 0.25) is 17.7 Å². The summed E-state index contributed by atoms with van der Waals surface area (Å²) in [6.07, 6.45) is 2.75. The zero-order valence-corrected chi connectivity index (χ0v) is 19.5. The third-order valence-corrected chi connectivity index (χ3v) is 7.35. The lowest BCUT2D eigenvalue weighted by Crippen LogP contribution is -2.41. The van der Waals surface area contributed by atoms with Gasteiger partial charge in [-0.2, -0.15) is 0 Å². The summed E-state index contributed by atoms with van der Waals surface area (Å²) in [6.45, 7) is 1.85. The lowest BCUT2D eigenvalue weighted by atomic mass is 9.85. The van der Waals surface area contributed by atoms with E-state index in [4.69, 9.17) is 4.42 Å². The highest BCUT2D eigenvalue weighted by Crippen LogP contribution is 2.42. The summed E-state index contributed by atoms with van der Waals surface area (Å²) in [5, 5.41) is 12.9. The topological polar surface area (TPSA) is 114 Å². The Morgan fingerprint density at radius 2 is 1.91 bits per heavy atom. The average molecular weight is 476 g/mol. The molecule has 2 aromatic heterocycles. The average Bonchev–Trinajstić information content (AvgIpc) is 3.35. The van der Waals surface area contributed by atoms with E-state index in [0.717, 1.165) is 18.4 Å². The van der Waals surface area contributed by atoms with Crippen molar-refractivity contribution in [2.24, 2.45) is 0 Å². The fourth-order valence-electron chi connectivity index (χ4n) is 4.35. The fourth-order valence-corrected chi connectivity index (χ4v) is 5.68. The van der Waals surface area contributed by atoms with Gasteiger partial charge in [0.1, 0.15) is 0 Å². The molecule has 1 amide bonds.